The van der Waals surface area contributed by atoms with Gasteiger partial charge in [-0.3, -0.25) is 9.59 Å². The molecule has 1 aromatic heterocycles. The normalized spacial score (nSPS) is 11.7. The second kappa shape index (κ2) is 9.68. The van der Waals surface area contributed by atoms with Crippen molar-refractivity contribution in [3.63, 3.8) is 0 Å². The highest BCUT2D eigenvalue weighted by molar-refractivity contribution is 5.88. The number of furan rings is 1. The standard InChI is InChI=1S/C23H23FN2O3/c1-2-21(27)26(16-17-10-12-19(24)13-11-17)22(18-7-4-3-5-8-18)23(28)25-15-20-9-6-14-29-20/h3-14,22H,2,15-16H2,1H3,(H,25,28)/t22-/m1/s1. The van der Waals surface area contributed by atoms with Crippen LogP contribution >= 0.6 is 0 Å². The molecule has 150 valence electrons. The van der Waals surface area contributed by atoms with Gasteiger partial charge in [-0.15, -0.1) is 0 Å². The number of nitrogens with zero attached hydrogens (tertiary/aromatic N) is 1. The number of hydrogen-bond donors (Lipinski definition) is 1. The Labute approximate surface area is 169 Å². The van der Waals surface area contributed by atoms with Crippen LogP contribution in [0.3, 0.4) is 0 Å². The molecule has 1 atom stereocenters. The van der Waals surface area contributed by atoms with Gasteiger partial charge in [0.15, 0.2) is 0 Å². The minimum Gasteiger partial charge on any atom is -0.467 e. The Morgan fingerprint density at radius 1 is 1.03 bits per heavy atom. The molecule has 1 N–H and O–H groups in total. The summed E-state index contributed by atoms with van der Waals surface area (Å²) in [7, 11) is 0. The number of hydrogen-bond acceptors (Lipinski definition) is 3. The molecule has 3 aromatic rings. The van der Waals surface area contributed by atoms with Gasteiger partial charge in [-0.05, 0) is 35.4 Å². The van der Waals surface area contributed by atoms with Crippen molar-refractivity contribution in [3.8, 4) is 0 Å². The Morgan fingerprint density at radius 3 is 2.38 bits per heavy atom. The predicted octanol–water partition coefficient (Wildman–Crippen LogP) is 4.22. The van der Waals surface area contributed by atoms with Gasteiger partial charge in [0, 0.05) is 13.0 Å². The van der Waals surface area contributed by atoms with Gasteiger partial charge in [0.05, 0.1) is 12.8 Å². The van der Waals surface area contributed by atoms with E-state index < -0.39 is 6.04 Å². The van der Waals surface area contributed by atoms with Gasteiger partial charge in [-0.25, -0.2) is 4.39 Å². The summed E-state index contributed by atoms with van der Waals surface area (Å²) in [5, 5.41) is 2.85. The summed E-state index contributed by atoms with van der Waals surface area (Å²) in [6.07, 6.45) is 1.79. The van der Waals surface area contributed by atoms with Crippen LogP contribution < -0.4 is 5.32 Å². The van der Waals surface area contributed by atoms with Gasteiger partial charge in [-0.1, -0.05) is 49.4 Å². The number of rotatable bonds is 8. The molecule has 0 saturated heterocycles. The highest BCUT2D eigenvalue weighted by atomic mass is 19.1. The molecule has 1 heterocycles. The molecule has 3 rings (SSSR count). The van der Waals surface area contributed by atoms with E-state index in [1.165, 1.54) is 23.3 Å². The van der Waals surface area contributed by atoms with Crippen molar-refractivity contribution >= 4 is 11.8 Å². The molecule has 0 aliphatic heterocycles. The number of halogens is 1. The fourth-order valence-electron chi connectivity index (χ4n) is 3.11. The van der Waals surface area contributed by atoms with Crippen LogP contribution in [0.2, 0.25) is 0 Å². The summed E-state index contributed by atoms with van der Waals surface area (Å²) < 4.78 is 18.6. The van der Waals surface area contributed by atoms with E-state index in [0.29, 0.717) is 11.3 Å². The second-order valence-corrected chi connectivity index (χ2v) is 6.61. The third-order valence-electron chi connectivity index (χ3n) is 4.58. The third kappa shape index (κ3) is 5.31. The maximum atomic E-state index is 13.3. The van der Waals surface area contributed by atoms with Gasteiger partial charge in [0.2, 0.25) is 11.8 Å². The lowest BCUT2D eigenvalue weighted by molar-refractivity contribution is -0.141. The molecule has 2 aromatic carbocycles. The molecule has 0 radical (unpaired) electrons. The SMILES string of the molecule is CCC(=O)N(Cc1ccc(F)cc1)[C@@H](C(=O)NCc1ccco1)c1ccccc1. The fraction of sp³-hybridized carbons (Fsp3) is 0.217. The summed E-state index contributed by atoms with van der Waals surface area (Å²) >= 11 is 0. The van der Waals surface area contributed by atoms with Crippen molar-refractivity contribution < 1.29 is 18.4 Å². The van der Waals surface area contributed by atoms with Crippen molar-refractivity contribution in [2.24, 2.45) is 0 Å². The number of carbonyl (C=O) groups is 2. The first-order valence-corrected chi connectivity index (χ1v) is 9.47. The fourth-order valence-corrected chi connectivity index (χ4v) is 3.11. The maximum absolute atomic E-state index is 13.3. The molecule has 0 fully saturated rings. The number of amides is 2. The van der Waals surface area contributed by atoms with Crippen molar-refractivity contribution in [1.82, 2.24) is 10.2 Å². The van der Waals surface area contributed by atoms with Crippen molar-refractivity contribution in [2.45, 2.75) is 32.5 Å². The minimum absolute atomic E-state index is 0.170. The van der Waals surface area contributed by atoms with E-state index in [0.717, 1.165) is 5.56 Å². The first-order chi connectivity index (χ1) is 14.1. The summed E-state index contributed by atoms with van der Waals surface area (Å²) in [5.74, 6) is -0.206. The molecular formula is C23H23FN2O3. The Hall–Kier alpha value is -3.41. The highest BCUT2D eigenvalue weighted by Gasteiger charge is 2.30. The van der Waals surface area contributed by atoms with E-state index >= 15 is 0 Å². The van der Waals surface area contributed by atoms with Crippen molar-refractivity contribution in [1.29, 1.82) is 0 Å². The monoisotopic (exact) mass is 394 g/mol. The lowest BCUT2D eigenvalue weighted by Gasteiger charge is -2.31. The molecule has 2 amide bonds. The predicted molar refractivity (Wildman–Crippen MR) is 107 cm³/mol. The van der Waals surface area contributed by atoms with Gasteiger partial charge < -0.3 is 14.6 Å². The summed E-state index contributed by atoms with van der Waals surface area (Å²) in [5.41, 5.74) is 1.45. The topological polar surface area (TPSA) is 62.6 Å². The van der Waals surface area contributed by atoms with Gasteiger partial charge in [-0.2, -0.15) is 0 Å². The zero-order chi connectivity index (χ0) is 20.6. The zero-order valence-corrected chi connectivity index (χ0v) is 16.2. The lowest BCUT2D eigenvalue weighted by Crippen LogP contribution is -2.43. The Kier molecular flexibility index (Phi) is 6.79. The van der Waals surface area contributed by atoms with Crippen LogP contribution in [0.5, 0.6) is 0 Å². The van der Waals surface area contributed by atoms with E-state index in [4.69, 9.17) is 4.42 Å². The second-order valence-electron chi connectivity index (χ2n) is 6.61. The van der Waals surface area contributed by atoms with Crippen LogP contribution in [0.25, 0.3) is 0 Å². The van der Waals surface area contributed by atoms with Crippen LogP contribution in [0, 0.1) is 5.82 Å². The average Bonchev–Trinajstić information content (AvgIpc) is 3.27. The molecule has 0 unspecified atom stereocenters. The number of benzene rings is 2. The number of nitrogens with one attached hydrogen (secondary N) is 1. The van der Waals surface area contributed by atoms with Gasteiger partial charge >= 0.3 is 0 Å². The summed E-state index contributed by atoms with van der Waals surface area (Å²) in [6, 6.07) is 17.8. The molecule has 5 nitrogen and oxygen atoms in total. The van der Waals surface area contributed by atoms with E-state index in [1.807, 2.05) is 30.3 Å². The molecule has 0 aliphatic carbocycles. The van der Waals surface area contributed by atoms with E-state index in [1.54, 1.807) is 31.2 Å². The molecule has 0 saturated carbocycles. The van der Waals surface area contributed by atoms with Crippen molar-refractivity contribution in [3.05, 3.63) is 95.7 Å². The Bertz CT molecular complexity index is 925. The lowest BCUT2D eigenvalue weighted by atomic mass is 10.0. The number of carbonyl (C=O) groups excluding carboxylic acids is 2. The van der Waals surface area contributed by atoms with Crippen LogP contribution in [-0.2, 0) is 22.7 Å². The molecular weight excluding hydrogens is 371 g/mol. The van der Waals surface area contributed by atoms with Gasteiger partial charge in [0.25, 0.3) is 0 Å². The quantitative estimate of drug-likeness (QED) is 0.622. The summed E-state index contributed by atoms with van der Waals surface area (Å²) in [4.78, 5) is 27.5. The molecule has 6 heteroatoms. The third-order valence-corrected chi connectivity index (χ3v) is 4.58. The van der Waals surface area contributed by atoms with Crippen molar-refractivity contribution in [2.75, 3.05) is 0 Å². The Morgan fingerprint density at radius 2 is 1.76 bits per heavy atom. The van der Waals surface area contributed by atoms with E-state index in [2.05, 4.69) is 5.32 Å². The van der Waals surface area contributed by atoms with Crippen LogP contribution in [0.15, 0.2) is 77.4 Å². The smallest absolute Gasteiger partial charge is 0.247 e. The van der Waals surface area contributed by atoms with E-state index in [-0.39, 0.29) is 37.1 Å². The molecule has 0 spiro atoms. The van der Waals surface area contributed by atoms with E-state index in [9.17, 15) is 14.0 Å². The highest BCUT2D eigenvalue weighted by Crippen LogP contribution is 2.25. The Balaban J connectivity index is 1.90. The minimum atomic E-state index is -0.816. The molecule has 0 aliphatic rings. The van der Waals surface area contributed by atoms with Crippen LogP contribution in [0.4, 0.5) is 4.39 Å². The first kappa shape index (κ1) is 20.3. The van der Waals surface area contributed by atoms with Gasteiger partial charge in [0.1, 0.15) is 17.6 Å². The zero-order valence-electron chi connectivity index (χ0n) is 16.2. The largest absolute Gasteiger partial charge is 0.467 e. The van der Waals surface area contributed by atoms with Crippen LogP contribution in [0.1, 0.15) is 36.3 Å². The summed E-state index contributed by atoms with van der Waals surface area (Å²) in [6.45, 7) is 2.17. The first-order valence-electron chi connectivity index (χ1n) is 9.47. The maximum Gasteiger partial charge on any atom is 0.247 e. The van der Waals surface area contributed by atoms with Crippen LogP contribution in [-0.4, -0.2) is 16.7 Å². The molecule has 29 heavy (non-hydrogen) atoms. The molecule has 0 bridgehead atoms. The average molecular weight is 394 g/mol.